The van der Waals surface area contributed by atoms with Crippen molar-refractivity contribution >= 4 is 11.3 Å². The van der Waals surface area contributed by atoms with E-state index < -0.39 is 0 Å². The van der Waals surface area contributed by atoms with Gasteiger partial charge in [-0.25, -0.2) is 4.98 Å². The lowest BCUT2D eigenvalue weighted by molar-refractivity contribution is 0.0713. The van der Waals surface area contributed by atoms with E-state index in [9.17, 15) is 0 Å². The smallest absolute Gasteiger partial charge is 0.0937 e. The minimum absolute atomic E-state index is 0.506. The molecule has 1 aliphatic rings. The van der Waals surface area contributed by atoms with Gasteiger partial charge in [-0.2, -0.15) is 0 Å². The summed E-state index contributed by atoms with van der Waals surface area (Å²) in [4.78, 5) is 4.27. The van der Waals surface area contributed by atoms with Crippen LogP contribution in [0.2, 0.25) is 0 Å². The molecule has 0 spiro atoms. The van der Waals surface area contributed by atoms with E-state index in [1.54, 1.807) is 11.3 Å². The second-order valence-corrected chi connectivity index (χ2v) is 5.47. The average Bonchev–Trinajstić information content (AvgIpc) is 2.83. The van der Waals surface area contributed by atoms with Crippen molar-refractivity contribution in [1.29, 1.82) is 0 Å². The Hall–Kier alpha value is -0.490. The number of aromatic nitrogens is 1. The van der Waals surface area contributed by atoms with Gasteiger partial charge in [-0.15, -0.1) is 11.3 Å². The van der Waals surface area contributed by atoms with Gasteiger partial charge in [0.1, 0.15) is 0 Å². The third-order valence-electron chi connectivity index (χ3n) is 2.95. The van der Waals surface area contributed by atoms with Crippen LogP contribution in [0.25, 0.3) is 0 Å². The van der Waals surface area contributed by atoms with Crippen LogP contribution in [-0.4, -0.2) is 43.4 Å². The standard InChI is InChI=1S/C12H21N3OS/c1-10(8-11-9-16-6-4-14-11)13-3-2-12-15-5-7-17-12/h5,7,10-11,13-14H,2-4,6,8-9H2,1H3. The first-order valence-corrected chi connectivity index (χ1v) is 7.15. The molecule has 0 aliphatic carbocycles. The Labute approximate surface area is 107 Å². The SMILES string of the molecule is CC(CC1COCCN1)NCCc1nccs1. The number of hydrogen-bond donors (Lipinski definition) is 2. The summed E-state index contributed by atoms with van der Waals surface area (Å²) in [7, 11) is 0. The van der Waals surface area contributed by atoms with Crippen molar-refractivity contribution in [3.63, 3.8) is 0 Å². The Balaban J connectivity index is 1.58. The third kappa shape index (κ3) is 4.71. The minimum Gasteiger partial charge on any atom is -0.379 e. The van der Waals surface area contributed by atoms with E-state index in [4.69, 9.17) is 4.74 Å². The number of thiazole rings is 1. The van der Waals surface area contributed by atoms with Gasteiger partial charge in [0.25, 0.3) is 0 Å². The molecule has 2 rings (SSSR count). The van der Waals surface area contributed by atoms with Gasteiger partial charge in [0.2, 0.25) is 0 Å². The normalized spacial score (nSPS) is 22.5. The number of hydrogen-bond acceptors (Lipinski definition) is 5. The fourth-order valence-electron chi connectivity index (χ4n) is 2.08. The Morgan fingerprint density at radius 2 is 2.65 bits per heavy atom. The van der Waals surface area contributed by atoms with Crippen LogP contribution >= 0.6 is 11.3 Å². The molecule has 0 bridgehead atoms. The molecule has 96 valence electrons. The summed E-state index contributed by atoms with van der Waals surface area (Å²) in [5, 5.41) is 10.3. The van der Waals surface area contributed by atoms with E-state index in [1.165, 1.54) is 5.01 Å². The molecule has 0 amide bonds. The Bertz CT molecular complexity index is 299. The summed E-state index contributed by atoms with van der Waals surface area (Å²) in [6.07, 6.45) is 4.02. The Morgan fingerprint density at radius 1 is 1.71 bits per heavy atom. The molecular weight excluding hydrogens is 234 g/mol. The Morgan fingerprint density at radius 3 is 3.35 bits per heavy atom. The lowest BCUT2D eigenvalue weighted by Crippen LogP contribution is -2.45. The highest BCUT2D eigenvalue weighted by atomic mass is 32.1. The van der Waals surface area contributed by atoms with Gasteiger partial charge in [0.15, 0.2) is 0 Å². The zero-order valence-electron chi connectivity index (χ0n) is 10.3. The molecule has 1 aliphatic heterocycles. The first-order chi connectivity index (χ1) is 8.34. The van der Waals surface area contributed by atoms with E-state index >= 15 is 0 Å². The van der Waals surface area contributed by atoms with Crippen LogP contribution in [0.1, 0.15) is 18.4 Å². The predicted molar refractivity (Wildman–Crippen MR) is 70.5 cm³/mol. The summed E-state index contributed by atoms with van der Waals surface area (Å²) < 4.78 is 5.45. The van der Waals surface area contributed by atoms with Gasteiger partial charge in [-0.3, -0.25) is 0 Å². The molecule has 4 nitrogen and oxygen atoms in total. The van der Waals surface area contributed by atoms with E-state index in [-0.39, 0.29) is 0 Å². The summed E-state index contributed by atoms with van der Waals surface area (Å²) in [6, 6.07) is 1.03. The average molecular weight is 255 g/mol. The molecule has 1 aromatic heterocycles. The molecule has 2 heterocycles. The maximum atomic E-state index is 5.45. The third-order valence-corrected chi connectivity index (χ3v) is 3.79. The van der Waals surface area contributed by atoms with E-state index in [2.05, 4.69) is 22.5 Å². The maximum absolute atomic E-state index is 5.45. The molecule has 5 heteroatoms. The minimum atomic E-state index is 0.506. The molecule has 2 atom stereocenters. The zero-order chi connectivity index (χ0) is 11.9. The lowest BCUT2D eigenvalue weighted by atomic mass is 10.1. The highest BCUT2D eigenvalue weighted by molar-refractivity contribution is 7.09. The van der Waals surface area contributed by atoms with Crippen LogP contribution < -0.4 is 10.6 Å². The van der Waals surface area contributed by atoms with E-state index in [0.29, 0.717) is 12.1 Å². The summed E-state index contributed by atoms with van der Waals surface area (Å²) in [5.41, 5.74) is 0. The van der Waals surface area contributed by atoms with Gasteiger partial charge < -0.3 is 15.4 Å². The van der Waals surface area contributed by atoms with Gasteiger partial charge in [-0.1, -0.05) is 0 Å². The molecular formula is C12H21N3OS. The molecule has 1 aromatic rings. The quantitative estimate of drug-likeness (QED) is 0.797. The fourth-order valence-corrected chi connectivity index (χ4v) is 2.70. The molecule has 1 saturated heterocycles. The van der Waals surface area contributed by atoms with Crippen molar-refractivity contribution < 1.29 is 4.74 Å². The number of ether oxygens (including phenoxy) is 1. The van der Waals surface area contributed by atoms with E-state index in [0.717, 1.165) is 39.1 Å². The number of rotatable bonds is 6. The molecule has 17 heavy (non-hydrogen) atoms. The zero-order valence-corrected chi connectivity index (χ0v) is 11.1. The van der Waals surface area contributed by atoms with Crippen molar-refractivity contribution in [2.24, 2.45) is 0 Å². The predicted octanol–water partition coefficient (Wildman–Crippen LogP) is 1.04. The lowest BCUT2D eigenvalue weighted by Gasteiger charge is -2.26. The van der Waals surface area contributed by atoms with Crippen LogP contribution in [0.3, 0.4) is 0 Å². The summed E-state index contributed by atoms with van der Waals surface area (Å²) in [6.45, 7) is 5.91. The van der Waals surface area contributed by atoms with Crippen molar-refractivity contribution in [3.05, 3.63) is 16.6 Å². The maximum Gasteiger partial charge on any atom is 0.0937 e. The van der Waals surface area contributed by atoms with Crippen LogP contribution in [-0.2, 0) is 11.2 Å². The van der Waals surface area contributed by atoms with Crippen molar-refractivity contribution in [2.45, 2.75) is 31.8 Å². The highest BCUT2D eigenvalue weighted by Crippen LogP contribution is 2.05. The molecule has 0 aromatic carbocycles. The second-order valence-electron chi connectivity index (χ2n) is 4.49. The molecule has 0 saturated carbocycles. The van der Waals surface area contributed by atoms with Crippen LogP contribution in [0.15, 0.2) is 11.6 Å². The number of nitrogens with zero attached hydrogens (tertiary/aromatic N) is 1. The Kier molecular flexibility index (Phi) is 5.38. The number of morpholine rings is 1. The first-order valence-electron chi connectivity index (χ1n) is 6.27. The van der Waals surface area contributed by atoms with Gasteiger partial charge >= 0.3 is 0 Å². The second kappa shape index (κ2) is 7.06. The highest BCUT2D eigenvalue weighted by Gasteiger charge is 2.15. The summed E-state index contributed by atoms with van der Waals surface area (Å²) >= 11 is 1.73. The molecule has 0 radical (unpaired) electrons. The van der Waals surface area contributed by atoms with E-state index in [1.807, 2.05) is 11.6 Å². The largest absolute Gasteiger partial charge is 0.379 e. The topological polar surface area (TPSA) is 46.2 Å². The molecule has 2 unspecified atom stereocenters. The fraction of sp³-hybridized carbons (Fsp3) is 0.750. The van der Waals surface area contributed by atoms with Gasteiger partial charge in [0.05, 0.1) is 18.2 Å². The van der Waals surface area contributed by atoms with Crippen molar-refractivity contribution in [2.75, 3.05) is 26.3 Å². The van der Waals surface area contributed by atoms with Gasteiger partial charge in [0, 0.05) is 43.2 Å². The van der Waals surface area contributed by atoms with Gasteiger partial charge in [-0.05, 0) is 13.3 Å². The van der Waals surface area contributed by atoms with Crippen molar-refractivity contribution in [1.82, 2.24) is 15.6 Å². The number of nitrogens with one attached hydrogen (secondary N) is 2. The van der Waals surface area contributed by atoms with Crippen LogP contribution in [0.4, 0.5) is 0 Å². The van der Waals surface area contributed by atoms with Crippen LogP contribution in [0, 0.1) is 0 Å². The molecule has 2 N–H and O–H groups in total. The van der Waals surface area contributed by atoms with Crippen LogP contribution in [0.5, 0.6) is 0 Å². The first kappa shape index (κ1) is 13.0. The van der Waals surface area contributed by atoms with Crippen molar-refractivity contribution in [3.8, 4) is 0 Å². The summed E-state index contributed by atoms with van der Waals surface area (Å²) in [5.74, 6) is 0. The molecule has 1 fully saturated rings. The monoisotopic (exact) mass is 255 g/mol.